The summed E-state index contributed by atoms with van der Waals surface area (Å²) in [5, 5.41) is 15.5. The number of hydrogen-bond donors (Lipinski definition) is 3. The normalized spacial score (nSPS) is 16.5. The van der Waals surface area contributed by atoms with Crippen molar-refractivity contribution in [3.63, 3.8) is 0 Å². The second-order valence-electron chi connectivity index (χ2n) is 4.56. The molecule has 0 saturated carbocycles. The number of piperidine rings is 1. The van der Waals surface area contributed by atoms with Crippen molar-refractivity contribution in [2.75, 3.05) is 19.6 Å². The lowest BCUT2D eigenvalue weighted by Gasteiger charge is -2.22. The summed E-state index contributed by atoms with van der Waals surface area (Å²) in [5.74, 6) is -0.760. The molecule has 1 saturated heterocycles. The molecule has 0 spiro atoms. The van der Waals surface area contributed by atoms with Gasteiger partial charge in [0.15, 0.2) is 0 Å². The summed E-state index contributed by atoms with van der Waals surface area (Å²) in [6, 6.07) is 3.40. The third kappa shape index (κ3) is 3.20. The molecule has 18 heavy (non-hydrogen) atoms. The maximum absolute atomic E-state index is 12.8. The van der Waals surface area contributed by atoms with E-state index < -0.39 is 5.82 Å². The van der Waals surface area contributed by atoms with E-state index in [9.17, 15) is 14.3 Å². The molecule has 1 aliphatic heterocycles. The summed E-state index contributed by atoms with van der Waals surface area (Å²) in [6.07, 6.45) is 2.07. The van der Waals surface area contributed by atoms with Crippen LogP contribution in [-0.4, -0.2) is 30.6 Å². The number of aromatic hydroxyl groups is 1. The van der Waals surface area contributed by atoms with Crippen LogP contribution in [0.5, 0.6) is 5.75 Å². The molecule has 1 fully saturated rings. The van der Waals surface area contributed by atoms with Gasteiger partial charge >= 0.3 is 0 Å². The fourth-order valence-electron chi connectivity index (χ4n) is 2.11. The van der Waals surface area contributed by atoms with Crippen LogP contribution < -0.4 is 10.6 Å². The van der Waals surface area contributed by atoms with Gasteiger partial charge in [0.25, 0.3) is 5.91 Å². The van der Waals surface area contributed by atoms with Crippen molar-refractivity contribution in [2.45, 2.75) is 12.8 Å². The number of phenolic OH excluding ortho intramolecular Hbond substituents is 1. The van der Waals surface area contributed by atoms with Gasteiger partial charge in [0.2, 0.25) is 0 Å². The highest BCUT2D eigenvalue weighted by Gasteiger charge is 2.16. The lowest BCUT2D eigenvalue weighted by Crippen LogP contribution is -2.36. The van der Waals surface area contributed by atoms with E-state index in [2.05, 4.69) is 10.6 Å². The van der Waals surface area contributed by atoms with Crippen LogP contribution in [0.4, 0.5) is 4.39 Å². The third-order valence-corrected chi connectivity index (χ3v) is 3.21. The van der Waals surface area contributed by atoms with Crippen LogP contribution in [0.2, 0.25) is 0 Å². The van der Waals surface area contributed by atoms with Crippen molar-refractivity contribution < 1.29 is 14.3 Å². The van der Waals surface area contributed by atoms with Gasteiger partial charge in [-0.15, -0.1) is 0 Å². The molecule has 0 aromatic heterocycles. The summed E-state index contributed by atoms with van der Waals surface area (Å²) in [5.41, 5.74) is 0.116. The molecule has 98 valence electrons. The highest BCUT2D eigenvalue weighted by molar-refractivity contribution is 5.96. The maximum atomic E-state index is 12.8. The van der Waals surface area contributed by atoms with E-state index in [4.69, 9.17) is 0 Å². The minimum Gasteiger partial charge on any atom is -0.507 e. The zero-order valence-corrected chi connectivity index (χ0v) is 10.1. The first-order valence-electron chi connectivity index (χ1n) is 6.14. The molecular formula is C13H17FN2O2. The number of benzene rings is 1. The average molecular weight is 252 g/mol. The molecule has 2 rings (SSSR count). The molecule has 1 aliphatic rings. The number of carbonyl (C=O) groups excluding carboxylic acids is 1. The van der Waals surface area contributed by atoms with Crippen molar-refractivity contribution in [3.05, 3.63) is 29.6 Å². The van der Waals surface area contributed by atoms with Crippen molar-refractivity contribution in [1.82, 2.24) is 10.6 Å². The predicted octanol–water partition coefficient (Wildman–Crippen LogP) is 1.26. The highest BCUT2D eigenvalue weighted by Crippen LogP contribution is 2.18. The van der Waals surface area contributed by atoms with Gasteiger partial charge in [0, 0.05) is 12.6 Å². The molecule has 5 heteroatoms. The van der Waals surface area contributed by atoms with Crippen LogP contribution in [0, 0.1) is 11.7 Å². The van der Waals surface area contributed by atoms with E-state index in [1.807, 2.05) is 0 Å². The van der Waals surface area contributed by atoms with Gasteiger partial charge in [0.05, 0.1) is 5.56 Å². The quantitative estimate of drug-likeness (QED) is 0.759. The Balaban J connectivity index is 1.90. The van der Waals surface area contributed by atoms with Crippen LogP contribution in [0.1, 0.15) is 23.2 Å². The van der Waals surface area contributed by atoms with Crippen LogP contribution >= 0.6 is 0 Å². The number of amides is 1. The summed E-state index contributed by atoms with van der Waals surface area (Å²) < 4.78 is 12.8. The van der Waals surface area contributed by atoms with Crippen molar-refractivity contribution in [2.24, 2.45) is 5.92 Å². The monoisotopic (exact) mass is 252 g/mol. The first kappa shape index (κ1) is 12.8. The van der Waals surface area contributed by atoms with Gasteiger partial charge in [-0.2, -0.15) is 0 Å². The van der Waals surface area contributed by atoms with Crippen LogP contribution in [0.15, 0.2) is 18.2 Å². The summed E-state index contributed by atoms with van der Waals surface area (Å²) >= 11 is 0. The Hall–Kier alpha value is -1.62. The number of carbonyl (C=O) groups is 1. The number of hydrogen-bond acceptors (Lipinski definition) is 3. The first-order chi connectivity index (χ1) is 8.66. The molecule has 3 N–H and O–H groups in total. The number of rotatable bonds is 3. The molecule has 0 aliphatic carbocycles. The van der Waals surface area contributed by atoms with E-state index in [1.54, 1.807) is 0 Å². The second kappa shape index (κ2) is 5.82. The zero-order chi connectivity index (χ0) is 13.0. The summed E-state index contributed by atoms with van der Waals surface area (Å²) in [4.78, 5) is 11.8. The summed E-state index contributed by atoms with van der Waals surface area (Å²) in [6.45, 7) is 2.54. The Labute approximate surface area is 105 Å². The Morgan fingerprint density at radius 1 is 1.44 bits per heavy atom. The molecule has 0 unspecified atom stereocenters. The SMILES string of the molecule is O=C(NCC1CCNCC1)c1ccc(F)cc1O. The Bertz CT molecular complexity index is 431. The topological polar surface area (TPSA) is 61.4 Å². The van der Waals surface area contributed by atoms with E-state index in [1.165, 1.54) is 12.1 Å². The highest BCUT2D eigenvalue weighted by atomic mass is 19.1. The molecule has 1 aromatic rings. The number of nitrogens with one attached hydrogen (secondary N) is 2. The Kier molecular flexibility index (Phi) is 4.15. The number of phenols is 1. The zero-order valence-electron chi connectivity index (χ0n) is 10.1. The smallest absolute Gasteiger partial charge is 0.255 e. The minimum atomic E-state index is -0.553. The average Bonchev–Trinajstić information content (AvgIpc) is 2.37. The van der Waals surface area contributed by atoms with E-state index >= 15 is 0 Å². The van der Waals surface area contributed by atoms with Crippen LogP contribution in [0.3, 0.4) is 0 Å². The molecule has 4 nitrogen and oxygen atoms in total. The molecular weight excluding hydrogens is 235 g/mol. The standard InChI is InChI=1S/C13H17FN2O2/c14-10-1-2-11(12(17)7-10)13(18)16-8-9-3-5-15-6-4-9/h1-2,7,9,15,17H,3-6,8H2,(H,16,18). The van der Waals surface area contributed by atoms with Gasteiger partial charge in [-0.3, -0.25) is 4.79 Å². The second-order valence-corrected chi connectivity index (χ2v) is 4.56. The van der Waals surface area contributed by atoms with Gasteiger partial charge in [-0.25, -0.2) is 4.39 Å². The third-order valence-electron chi connectivity index (χ3n) is 3.21. The van der Waals surface area contributed by atoms with Crippen molar-refractivity contribution >= 4 is 5.91 Å². The maximum Gasteiger partial charge on any atom is 0.255 e. The molecule has 0 radical (unpaired) electrons. The number of halogens is 1. The Morgan fingerprint density at radius 2 is 2.17 bits per heavy atom. The van der Waals surface area contributed by atoms with Crippen molar-refractivity contribution in [1.29, 1.82) is 0 Å². The Morgan fingerprint density at radius 3 is 2.83 bits per heavy atom. The van der Waals surface area contributed by atoms with Crippen LogP contribution in [-0.2, 0) is 0 Å². The lowest BCUT2D eigenvalue weighted by molar-refractivity contribution is 0.0941. The molecule has 1 heterocycles. The molecule has 0 atom stereocenters. The van der Waals surface area contributed by atoms with Crippen molar-refractivity contribution in [3.8, 4) is 5.75 Å². The minimum absolute atomic E-state index is 0.116. The van der Waals surface area contributed by atoms with Gasteiger partial charge in [-0.1, -0.05) is 0 Å². The molecule has 0 bridgehead atoms. The fraction of sp³-hybridized carbons (Fsp3) is 0.462. The fourth-order valence-corrected chi connectivity index (χ4v) is 2.11. The van der Waals surface area contributed by atoms with Gasteiger partial charge in [-0.05, 0) is 44.0 Å². The van der Waals surface area contributed by atoms with Crippen LogP contribution in [0.25, 0.3) is 0 Å². The van der Waals surface area contributed by atoms with Gasteiger partial charge < -0.3 is 15.7 Å². The lowest BCUT2D eigenvalue weighted by atomic mass is 9.98. The largest absolute Gasteiger partial charge is 0.507 e. The first-order valence-corrected chi connectivity index (χ1v) is 6.14. The van der Waals surface area contributed by atoms with Gasteiger partial charge in [0.1, 0.15) is 11.6 Å². The predicted molar refractivity (Wildman–Crippen MR) is 66.0 cm³/mol. The van der Waals surface area contributed by atoms with E-state index in [0.717, 1.165) is 32.0 Å². The molecule has 1 aromatic carbocycles. The van der Waals surface area contributed by atoms with E-state index in [-0.39, 0.29) is 17.2 Å². The molecule has 1 amide bonds. The van der Waals surface area contributed by atoms with E-state index in [0.29, 0.717) is 12.5 Å². The summed E-state index contributed by atoms with van der Waals surface area (Å²) in [7, 11) is 0.